The minimum Gasteiger partial charge on any atom is -0.0838 e. The molecule has 0 heteroatoms. The first-order chi connectivity index (χ1) is 5.38. The number of hydrogen-bond acceptors (Lipinski definition) is 0. The van der Waals surface area contributed by atoms with Crippen LogP contribution in [-0.2, 0) is 0 Å². The summed E-state index contributed by atoms with van der Waals surface area (Å²) in [5.41, 5.74) is 1.47. The molecule has 1 aliphatic carbocycles. The lowest BCUT2D eigenvalue weighted by Gasteiger charge is -2.15. The summed E-state index contributed by atoms with van der Waals surface area (Å²) in [6.07, 6.45) is 13.5. The van der Waals surface area contributed by atoms with Crippen LogP contribution in [0.5, 0.6) is 0 Å². The Balaban J connectivity index is 2.63. The third-order valence-electron chi connectivity index (χ3n) is 2.10. The molecule has 1 atom stereocenters. The van der Waals surface area contributed by atoms with Crippen LogP contribution in [0.25, 0.3) is 0 Å². The van der Waals surface area contributed by atoms with Crippen molar-refractivity contribution in [3.63, 3.8) is 0 Å². The lowest BCUT2D eigenvalue weighted by Crippen LogP contribution is -2.00. The van der Waals surface area contributed by atoms with Gasteiger partial charge in [-0.25, -0.2) is 0 Å². The molecule has 0 radical (unpaired) electrons. The van der Waals surface area contributed by atoms with E-state index < -0.39 is 0 Å². The first-order valence-electron chi connectivity index (χ1n) is 4.39. The van der Waals surface area contributed by atoms with Crippen molar-refractivity contribution in [2.24, 2.45) is 5.92 Å². The molecule has 0 saturated carbocycles. The molecule has 1 rings (SSSR count). The van der Waals surface area contributed by atoms with Gasteiger partial charge in [0.25, 0.3) is 0 Å². The SMILES string of the molecule is C/C=C1/C=CC=CC1CCC. The van der Waals surface area contributed by atoms with E-state index in [1.54, 1.807) is 0 Å². The van der Waals surface area contributed by atoms with Gasteiger partial charge in [0.05, 0.1) is 0 Å². The summed E-state index contributed by atoms with van der Waals surface area (Å²) in [6.45, 7) is 4.35. The van der Waals surface area contributed by atoms with Crippen LogP contribution in [-0.4, -0.2) is 0 Å². The van der Waals surface area contributed by atoms with Gasteiger partial charge in [-0.15, -0.1) is 0 Å². The van der Waals surface area contributed by atoms with Gasteiger partial charge in [-0.05, 0) is 18.9 Å². The first kappa shape index (κ1) is 8.32. The highest BCUT2D eigenvalue weighted by atomic mass is 14.1. The van der Waals surface area contributed by atoms with E-state index in [1.165, 1.54) is 18.4 Å². The molecule has 0 bridgehead atoms. The monoisotopic (exact) mass is 148 g/mol. The van der Waals surface area contributed by atoms with Crippen LogP contribution in [0.1, 0.15) is 26.7 Å². The van der Waals surface area contributed by atoms with Gasteiger partial charge in [0, 0.05) is 5.92 Å². The molecule has 1 unspecified atom stereocenters. The molecule has 0 heterocycles. The lowest BCUT2D eigenvalue weighted by atomic mass is 9.90. The Morgan fingerprint density at radius 1 is 1.45 bits per heavy atom. The van der Waals surface area contributed by atoms with E-state index >= 15 is 0 Å². The fraction of sp³-hybridized carbons (Fsp3) is 0.455. The summed E-state index contributed by atoms with van der Waals surface area (Å²) in [5, 5.41) is 0. The molecule has 0 N–H and O–H groups in total. The standard InChI is InChI=1S/C11H16/c1-3-7-11-9-6-5-8-10(11)4-2/h4-6,8-9,11H,3,7H2,1-2H3/b10-4-. The lowest BCUT2D eigenvalue weighted by molar-refractivity contribution is 0.665. The average molecular weight is 148 g/mol. The van der Waals surface area contributed by atoms with Crippen LogP contribution in [0.2, 0.25) is 0 Å². The summed E-state index contributed by atoms with van der Waals surface area (Å²) in [5.74, 6) is 0.676. The minimum atomic E-state index is 0.676. The first-order valence-corrected chi connectivity index (χ1v) is 4.39. The van der Waals surface area contributed by atoms with Crippen molar-refractivity contribution in [3.8, 4) is 0 Å². The second-order valence-corrected chi connectivity index (χ2v) is 2.93. The van der Waals surface area contributed by atoms with Crippen LogP contribution in [0.3, 0.4) is 0 Å². The van der Waals surface area contributed by atoms with Gasteiger partial charge in [-0.1, -0.05) is 43.7 Å². The maximum atomic E-state index is 2.29. The van der Waals surface area contributed by atoms with Gasteiger partial charge in [0.2, 0.25) is 0 Å². The highest BCUT2D eigenvalue weighted by Gasteiger charge is 2.07. The van der Waals surface area contributed by atoms with Gasteiger partial charge in [0.15, 0.2) is 0 Å². The molecular weight excluding hydrogens is 132 g/mol. The van der Waals surface area contributed by atoms with Crippen LogP contribution in [0.4, 0.5) is 0 Å². The zero-order valence-electron chi connectivity index (χ0n) is 7.38. The van der Waals surface area contributed by atoms with E-state index in [0.717, 1.165) is 0 Å². The van der Waals surface area contributed by atoms with Crippen LogP contribution >= 0.6 is 0 Å². The van der Waals surface area contributed by atoms with Crippen molar-refractivity contribution in [2.75, 3.05) is 0 Å². The predicted octanol–water partition coefficient (Wildman–Crippen LogP) is 3.48. The van der Waals surface area contributed by atoms with Crippen LogP contribution < -0.4 is 0 Å². The zero-order chi connectivity index (χ0) is 8.10. The molecule has 0 aromatic rings. The van der Waals surface area contributed by atoms with Gasteiger partial charge in [-0.2, -0.15) is 0 Å². The Morgan fingerprint density at radius 3 is 2.91 bits per heavy atom. The summed E-state index contributed by atoms with van der Waals surface area (Å²) in [7, 11) is 0. The van der Waals surface area contributed by atoms with Crippen molar-refractivity contribution in [3.05, 3.63) is 36.0 Å². The van der Waals surface area contributed by atoms with E-state index in [-0.39, 0.29) is 0 Å². The summed E-state index contributed by atoms with van der Waals surface area (Å²) in [4.78, 5) is 0. The Kier molecular flexibility index (Phi) is 3.15. The van der Waals surface area contributed by atoms with Crippen molar-refractivity contribution < 1.29 is 0 Å². The molecule has 60 valence electrons. The van der Waals surface area contributed by atoms with Gasteiger partial charge < -0.3 is 0 Å². The number of allylic oxidation sites excluding steroid dienone is 6. The quantitative estimate of drug-likeness (QED) is 0.562. The fourth-order valence-corrected chi connectivity index (χ4v) is 1.48. The van der Waals surface area contributed by atoms with Crippen molar-refractivity contribution in [2.45, 2.75) is 26.7 Å². The predicted molar refractivity (Wildman–Crippen MR) is 50.4 cm³/mol. The summed E-state index contributed by atoms with van der Waals surface area (Å²) >= 11 is 0. The molecule has 0 amide bonds. The second-order valence-electron chi connectivity index (χ2n) is 2.93. The maximum Gasteiger partial charge on any atom is 0.00177 e. The molecule has 0 nitrogen and oxygen atoms in total. The highest BCUT2D eigenvalue weighted by Crippen LogP contribution is 2.22. The van der Waals surface area contributed by atoms with Gasteiger partial charge >= 0.3 is 0 Å². The second kappa shape index (κ2) is 4.17. The van der Waals surface area contributed by atoms with Crippen molar-refractivity contribution in [1.82, 2.24) is 0 Å². The maximum absolute atomic E-state index is 2.29. The topological polar surface area (TPSA) is 0 Å². The van der Waals surface area contributed by atoms with Gasteiger partial charge in [-0.3, -0.25) is 0 Å². The highest BCUT2D eigenvalue weighted by molar-refractivity contribution is 5.32. The minimum absolute atomic E-state index is 0.676. The van der Waals surface area contributed by atoms with E-state index in [2.05, 4.69) is 44.2 Å². The smallest absolute Gasteiger partial charge is 0.00177 e. The van der Waals surface area contributed by atoms with E-state index in [0.29, 0.717) is 5.92 Å². The molecule has 0 saturated heterocycles. The molecule has 11 heavy (non-hydrogen) atoms. The molecule has 0 aliphatic heterocycles. The largest absolute Gasteiger partial charge is 0.0838 e. The molecule has 0 aromatic heterocycles. The Hall–Kier alpha value is -0.780. The van der Waals surface area contributed by atoms with Crippen molar-refractivity contribution >= 4 is 0 Å². The Labute approximate surface area is 69.3 Å². The molecule has 0 fully saturated rings. The van der Waals surface area contributed by atoms with E-state index in [4.69, 9.17) is 0 Å². The summed E-state index contributed by atoms with van der Waals surface area (Å²) in [6, 6.07) is 0. The van der Waals surface area contributed by atoms with E-state index in [1.807, 2.05) is 0 Å². The fourth-order valence-electron chi connectivity index (χ4n) is 1.48. The zero-order valence-corrected chi connectivity index (χ0v) is 7.38. The Morgan fingerprint density at radius 2 is 2.27 bits per heavy atom. The Bertz CT molecular complexity index is 194. The molecule has 1 aliphatic rings. The number of rotatable bonds is 2. The third kappa shape index (κ3) is 2.07. The number of hydrogen-bond donors (Lipinski definition) is 0. The molecule has 0 aromatic carbocycles. The average Bonchev–Trinajstić information content (AvgIpc) is 2.06. The third-order valence-corrected chi connectivity index (χ3v) is 2.10. The van der Waals surface area contributed by atoms with E-state index in [9.17, 15) is 0 Å². The summed E-state index contributed by atoms with van der Waals surface area (Å²) < 4.78 is 0. The molecular formula is C11H16. The normalized spacial score (nSPS) is 26.4. The van der Waals surface area contributed by atoms with Crippen LogP contribution in [0, 0.1) is 5.92 Å². The van der Waals surface area contributed by atoms with Crippen molar-refractivity contribution in [1.29, 1.82) is 0 Å². The molecule has 0 spiro atoms. The van der Waals surface area contributed by atoms with Gasteiger partial charge in [0.1, 0.15) is 0 Å². The van der Waals surface area contributed by atoms with Crippen LogP contribution in [0.15, 0.2) is 36.0 Å².